The molecule has 1 aromatic heterocycles. The zero-order valence-corrected chi connectivity index (χ0v) is 20.0. The lowest BCUT2D eigenvalue weighted by Gasteiger charge is -2.31. The number of nitrogens with one attached hydrogen (secondary N) is 1. The van der Waals surface area contributed by atoms with E-state index >= 15 is 0 Å². The molecule has 8 heteroatoms. The Balaban J connectivity index is 1.19. The first kappa shape index (κ1) is 23.1. The predicted octanol–water partition coefficient (Wildman–Crippen LogP) is 3.79. The number of benzene rings is 2. The third kappa shape index (κ3) is 4.76. The van der Waals surface area contributed by atoms with Crippen molar-refractivity contribution in [1.82, 2.24) is 14.5 Å². The monoisotopic (exact) mass is 481 g/mol. The minimum atomic E-state index is -3.59. The van der Waals surface area contributed by atoms with E-state index in [2.05, 4.69) is 10.2 Å². The number of likely N-dealkylation sites (tertiary alicyclic amines) is 1. The first-order valence-corrected chi connectivity index (χ1v) is 13.5. The summed E-state index contributed by atoms with van der Waals surface area (Å²) in [5.74, 6) is 0.691. The Labute approximate surface area is 200 Å². The average Bonchev–Trinajstić information content (AvgIpc) is 3.59. The second-order valence-electron chi connectivity index (χ2n) is 9.21. The van der Waals surface area contributed by atoms with E-state index < -0.39 is 10.0 Å². The first-order chi connectivity index (χ1) is 16.5. The topological polar surface area (TPSA) is 82.9 Å². The summed E-state index contributed by atoms with van der Waals surface area (Å²) in [6.45, 7) is 3.21. The standard InChI is InChI=1S/C26H31N3O4S/c30-26(27-19-24(25-8-5-17-33-25)28-13-3-4-14-28)21-11-15-29(16-12-21)34(31,32)23-10-9-20-6-1-2-7-22(20)18-23/h1-2,5-10,17-18,21,24H,3-4,11-16,19H2,(H,27,30)/t24-/m0/s1. The molecular weight excluding hydrogens is 450 g/mol. The summed E-state index contributed by atoms with van der Waals surface area (Å²) in [6.07, 6.45) is 5.04. The van der Waals surface area contributed by atoms with Crippen LogP contribution in [-0.2, 0) is 14.8 Å². The number of rotatable bonds is 7. The van der Waals surface area contributed by atoms with E-state index in [1.54, 1.807) is 18.4 Å². The van der Waals surface area contributed by atoms with Crippen molar-refractivity contribution in [3.05, 3.63) is 66.6 Å². The van der Waals surface area contributed by atoms with Crippen molar-refractivity contribution in [2.24, 2.45) is 5.92 Å². The maximum atomic E-state index is 13.2. The van der Waals surface area contributed by atoms with Crippen molar-refractivity contribution in [1.29, 1.82) is 0 Å². The molecule has 5 rings (SSSR count). The SMILES string of the molecule is O=C(NC[C@@H](c1ccco1)N1CCCC1)C1CCN(S(=O)(=O)c2ccc3ccccc3c2)CC1. The fourth-order valence-electron chi connectivity index (χ4n) is 5.12. The lowest BCUT2D eigenvalue weighted by Crippen LogP contribution is -2.44. The van der Waals surface area contributed by atoms with Crippen LogP contribution in [-0.4, -0.2) is 56.3 Å². The lowest BCUT2D eigenvalue weighted by atomic mass is 9.97. The number of amides is 1. The molecule has 0 spiro atoms. The summed E-state index contributed by atoms with van der Waals surface area (Å²) in [5, 5.41) is 5.03. The molecule has 7 nitrogen and oxygen atoms in total. The highest BCUT2D eigenvalue weighted by Gasteiger charge is 2.33. The zero-order valence-electron chi connectivity index (χ0n) is 19.2. The summed E-state index contributed by atoms with van der Waals surface area (Å²) in [6, 6.07) is 16.9. The Morgan fingerprint density at radius 2 is 1.71 bits per heavy atom. The van der Waals surface area contributed by atoms with Gasteiger partial charge in [-0.2, -0.15) is 4.31 Å². The minimum absolute atomic E-state index is 0.00138. The van der Waals surface area contributed by atoms with Gasteiger partial charge in [-0.15, -0.1) is 0 Å². The normalized spacial score (nSPS) is 19.4. The largest absolute Gasteiger partial charge is 0.468 e. The molecule has 0 aliphatic carbocycles. The van der Waals surface area contributed by atoms with Gasteiger partial charge in [0.1, 0.15) is 5.76 Å². The van der Waals surface area contributed by atoms with Crippen LogP contribution in [0.1, 0.15) is 37.5 Å². The Morgan fingerprint density at radius 3 is 2.41 bits per heavy atom. The lowest BCUT2D eigenvalue weighted by molar-refractivity contribution is -0.126. The van der Waals surface area contributed by atoms with Crippen LogP contribution >= 0.6 is 0 Å². The maximum absolute atomic E-state index is 13.2. The fourth-order valence-corrected chi connectivity index (χ4v) is 6.63. The number of hydrogen-bond acceptors (Lipinski definition) is 5. The van der Waals surface area contributed by atoms with Crippen molar-refractivity contribution >= 4 is 26.7 Å². The molecule has 34 heavy (non-hydrogen) atoms. The molecule has 1 amide bonds. The van der Waals surface area contributed by atoms with Crippen molar-refractivity contribution in [3.63, 3.8) is 0 Å². The third-order valence-electron chi connectivity index (χ3n) is 7.11. The van der Waals surface area contributed by atoms with Crippen LogP contribution in [0.5, 0.6) is 0 Å². The fraction of sp³-hybridized carbons (Fsp3) is 0.423. The van der Waals surface area contributed by atoms with Crippen LogP contribution in [0.25, 0.3) is 10.8 Å². The molecule has 3 heterocycles. The van der Waals surface area contributed by atoms with Gasteiger partial charge in [0.25, 0.3) is 0 Å². The number of hydrogen-bond donors (Lipinski definition) is 1. The zero-order chi connectivity index (χ0) is 23.5. The number of fused-ring (bicyclic) bond motifs is 1. The highest BCUT2D eigenvalue weighted by Crippen LogP contribution is 2.28. The van der Waals surface area contributed by atoms with E-state index in [1.807, 2.05) is 42.5 Å². The predicted molar refractivity (Wildman–Crippen MR) is 131 cm³/mol. The van der Waals surface area contributed by atoms with Crippen LogP contribution in [0.3, 0.4) is 0 Å². The molecule has 2 aliphatic rings. The molecule has 180 valence electrons. The van der Waals surface area contributed by atoms with E-state index in [1.165, 1.54) is 4.31 Å². The Bertz CT molecular complexity index is 1230. The Kier molecular flexibility index (Phi) is 6.72. The van der Waals surface area contributed by atoms with Crippen LogP contribution in [0.4, 0.5) is 0 Å². The molecule has 3 aromatic rings. The van der Waals surface area contributed by atoms with Crippen LogP contribution < -0.4 is 5.32 Å². The quantitative estimate of drug-likeness (QED) is 0.555. The van der Waals surface area contributed by atoms with Crippen LogP contribution in [0, 0.1) is 5.92 Å². The first-order valence-electron chi connectivity index (χ1n) is 12.1. The van der Waals surface area contributed by atoms with Gasteiger partial charge in [-0.25, -0.2) is 8.42 Å². The van der Waals surface area contributed by atoms with E-state index in [4.69, 9.17) is 4.42 Å². The van der Waals surface area contributed by atoms with Gasteiger partial charge in [-0.05, 0) is 73.8 Å². The van der Waals surface area contributed by atoms with Crippen molar-refractivity contribution in [2.75, 3.05) is 32.7 Å². The van der Waals surface area contributed by atoms with Gasteiger partial charge in [0.15, 0.2) is 0 Å². The molecule has 1 atom stereocenters. The molecule has 1 N–H and O–H groups in total. The summed E-state index contributed by atoms with van der Waals surface area (Å²) in [7, 11) is -3.59. The molecule has 2 aromatic carbocycles. The highest BCUT2D eigenvalue weighted by atomic mass is 32.2. The van der Waals surface area contributed by atoms with Gasteiger partial charge >= 0.3 is 0 Å². The second kappa shape index (κ2) is 9.90. The number of sulfonamides is 1. The molecule has 2 saturated heterocycles. The number of carbonyl (C=O) groups is 1. The number of carbonyl (C=O) groups excluding carboxylic acids is 1. The summed E-state index contributed by atoms with van der Waals surface area (Å²) in [4.78, 5) is 15.6. The van der Waals surface area contributed by atoms with Crippen molar-refractivity contribution in [3.8, 4) is 0 Å². The molecule has 0 unspecified atom stereocenters. The van der Waals surface area contributed by atoms with Crippen LogP contribution in [0.15, 0.2) is 70.2 Å². The van der Waals surface area contributed by atoms with E-state index in [9.17, 15) is 13.2 Å². The summed E-state index contributed by atoms with van der Waals surface area (Å²) < 4.78 is 33.6. The maximum Gasteiger partial charge on any atom is 0.243 e. The Morgan fingerprint density at radius 1 is 0.971 bits per heavy atom. The smallest absolute Gasteiger partial charge is 0.243 e. The van der Waals surface area contributed by atoms with Crippen LogP contribution in [0.2, 0.25) is 0 Å². The Hall–Kier alpha value is -2.68. The minimum Gasteiger partial charge on any atom is -0.468 e. The van der Waals surface area contributed by atoms with Crippen molar-refractivity contribution < 1.29 is 17.6 Å². The highest BCUT2D eigenvalue weighted by molar-refractivity contribution is 7.89. The van der Waals surface area contributed by atoms with Gasteiger partial charge in [-0.3, -0.25) is 9.69 Å². The molecule has 0 bridgehead atoms. The summed E-state index contributed by atoms with van der Waals surface area (Å²) >= 11 is 0. The molecule has 2 aliphatic heterocycles. The molecule has 0 radical (unpaired) electrons. The second-order valence-corrected chi connectivity index (χ2v) is 11.1. The van der Waals surface area contributed by atoms with E-state index in [0.29, 0.717) is 37.4 Å². The summed E-state index contributed by atoms with van der Waals surface area (Å²) in [5.41, 5.74) is 0. The number of nitrogens with zero attached hydrogens (tertiary/aromatic N) is 2. The molecule has 0 saturated carbocycles. The van der Waals surface area contributed by atoms with E-state index in [0.717, 1.165) is 42.5 Å². The van der Waals surface area contributed by atoms with Gasteiger partial charge in [0.05, 0.1) is 17.2 Å². The van der Waals surface area contributed by atoms with Gasteiger partial charge in [0, 0.05) is 25.6 Å². The van der Waals surface area contributed by atoms with Gasteiger partial charge < -0.3 is 9.73 Å². The van der Waals surface area contributed by atoms with Gasteiger partial charge in [-0.1, -0.05) is 30.3 Å². The van der Waals surface area contributed by atoms with Crippen molar-refractivity contribution in [2.45, 2.75) is 36.6 Å². The number of piperidine rings is 1. The third-order valence-corrected chi connectivity index (χ3v) is 9.00. The number of furan rings is 1. The molecule has 2 fully saturated rings. The van der Waals surface area contributed by atoms with E-state index in [-0.39, 0.29) is 17.9 Å². The average molecular weight is 482 g/mol. The molecular formula is C26H31N3O4S. The van der Waals surface area contributed by atoms with Gasteiger partial charge in [0.2, 0.25) is 15.9 Å².